The van der Waals surface area contributed by atoms with Gasteiger partial charge in [0.15, 0.2) is 0 Å². The fraction of sp³-hybridized carbons (Fsp3) is 0.111. The van der Waals surface area contributed by atoms with Crippen LogP contribution < -0.4 is 14.9 Å². The summed E-state index contributed by atoms with van der Waals surface area (Å²) in [7, 11) is 1.56. The molecule has 0 fully saturated rings. The average molecular weight is 466 g/mol. The number of carbonyl (C=O) groups excluding carboxylic acids is 1. The van der Waals surface area contributed by atoms with Gasteiger partial charge in [-0.05, 0) is 35.4 Å². The third-order valence-electron chi connectivity index (χ3n) is 6.27. The van der Waals surface area contributed by atoms with Gasteiger partial charge >= 0.3 is 5.97 Å². The highest BCUT2D eigenvalue weighted by atomic mass is 16.5. The second-order valence-corrected chi connectivity index (χ2v) is 8.25. The lowest BCUT2D eigenvalue weighted by Gasteiger charge is -2.26. The lowest BCUT2D eigenvalue weighted by atomic mass is 9.84. The van der Waals surface area contributed by atoms with Gasteiger partial charge in [0, 0.05) is 29.9 Å². The number of benzene rings is 3. The summed E-state index contributed by atoms with van der Waals surface area (Å²) in [5, 5.41) is 10.8. The number of carbonyl (C=O) groups is 1. The van der Waals surface area contributed by atoms with Crippen molar-refractivity contribution < 1.29 is 23.8 Å². The second kappa shape index (κ2) is 7.95. The van der Waals surface area contributed by atoms with Crippen molar-refractivity contribution in [2.45, 2.75) is 12.3 Å². The minimum atomic E-state index is -0.462. The van der Waals surface area contributed by atoms with Gasteiger partial charge in [-0.15, -0.1) is 0 Å². The SMILES string of the molecule is COc1ccc(-c2coc3c4c(cc(O)c3c2=O)OC(=O)CC4c2ccc3nccnc3c2)cc1. The molecule has 172 valence electrons. The number of aromatic hydroxyl groups is 1. The number of fused-ring (bicyclic) bond motifs is 4. The van der Waals surface area contributed by atoms with Gasteiger partial charge in [0.1, 0.15) is 34.5 Å². The Morgan fingerprint density at radius 3 is 2.54 bits per heavy atom. The lowest BCUT2D eigenvalue weighted by Crippen LogP contribution is -2.22. The predicted molar refractivity (Wildman–Crippen MR) is 128 cm³/mol. The minimum absolute atomic E-state index is 0.0283. The van der Waals surface area contributed by atoms with E-state index in [1.54, 1.807) is 43.8 Å². The highest BCUT2D eigenvalue weighted by Gasteiger charge is 2.33. The fourth-order valence-corrected chi connectivity index (χ4v) is 4.58. The molecule has 5 aromatic rings. The first-order valence-electron chi connectivity index (χ1n) is 10.9. The minimum Gasteiger partial charge on any atom is -0.507 e. The van der Waals surface area contributed by atoms with Crippen LogP contribution in [0.4, 0.5) is 0 Å². The highest BCUT2D eigenvalue weighted by molar-refractivity contribution is 5.94. The molecule has 8 heteroatoms. The van der Waals surface area contributed by atoms with Crippen LogP contribution in [0.15, 0.2) is 76.4 Å². The molecule has 3 aromatic carbocycles. The number of ether oxygens (including phenoxy) is 2. The molecule has 0 saturated heterocycles. The molecule has 0 saturated carbocycles. The summed E-state index contributed by atoms with van der Waals surface area (Å²) in [5.41, 5.74) is 3.42. The summed E-state index contributed by atoms with van der Waals surface area (Å²) in [6.45, 7) is 0. The number of esters is 1. The number of hydrogen-bond donors (Lipinski definition) is 1. The molecule has 1 N–H and O–H groups in total. The van der Waals surface area contributed by atoms with Crippen LogP contribution in [0.2, 0.25) is 0 Å². The Hall–Kier alpha value is -4.72. The molecule has 3 heterocycles. The lowest BCUT2D eigenvalue weighted by molar-refractivity contribution is -0.135. The fourth-order valence-electron chi connectivity index (χ4n) is 4.58. The number of phenolic OH excluding ortho intramolecular Hbond substituents is 1. The molecular weight excluding hydrogens is 448 g/mol. The number of phenols is 1. The molecule has 0 bridgehead atoms. The summed E-state index contributed by atoms with van der Waals surface area (Å²) in [5.74, 6) is -0.412. The second-order valence-electron chi connectivity index (χ2n) is 8.25. The van der Waals surface area contributed by atoms with Crippen LogP contribution in [-0.4, -0.2) is 28.2 Å². The summed E-state index contributed by atoms with van der Waals surface area (Å²) >= 11 is 0. The molecule has 8 nitrogen and oxygen atoms in total. The molecule has 2 aromatic heterocycles. The number of methoxy groups -OCH3 is 1. The maximum absolute atomic E-state index is 13.5. The highest BCUT2D eigenvalue weighted by Crippen LogP contribution is 2.45. The Morgan fingerprint density at radius 1 is 1.00 bits per heavy atom. The normalized spacial score (nSPS) is 15.1. The molecular formula is C27H18N2O6. The molecule has 1 atom stereocenters. The monoisotopic (exact) mass is 466 g/mol. The average Bonchev–Trinajstić information content (AvgIpc) is 2.88. The molecule has 1 unspecified atom stereocenters. The summed E-state index contributed by atoms with van der Waals surface area (Å²) in [4.78, 5) is 34.6. The summed E-state index contributed by atoms with van der Waals surface area (Å²) in [6.07, 6.45) is 4.62. The molecule has 35 heavy (non-hydrogen) atoms. The zero-order chi connectivity index (χ0) is 24.1. The third kappa shape index (κ3) is 3.38. The van der Waals surface area contributed by atoms with Crippen LogP contribution in [0.3, 0.4) is 0 Å². The van der Waals surface area contributed by atoms with E-state index in [9.17, 15) is 14.7 Å². The molecule has 0 spiro atoms. The molecule has 1 aliphatic rings. The van der Waals surface area contributed by atoms with E-state index in [-0.39, 0.29) is 28.9 Å². The Balaban J connectivity index is 1.57. The van der Waals surface area contributed by atoms with Crippen LogP contribution in [0.5, 0.6) is 17.2 Å². The number of rotatable bonds is 3. The number of nitrogens with zero attached hydrogens (tertiary/aromatic N) is 2. The Bertz CT molecular complexity index is 1690. The van der Waals surface area contributed by atoms with E-state index in [4.69, 9.17) is 13.9 Å². The summed E-state index contributed by atoms with van der Waals surface area (Å²) in [6, 6.07) is 13.8. The molecule has 0 radical (unpaired) electrons. The van der Waals surface area contributed by atoms with Crippen LogP contribution >= 0.6 is 0 Å². The van der Waals surface area contributed by atoms with E-state index in [2.05, 4.69) is 9.97 Å². The molecule has 1 aliphatic heterocycles. The topological polar surface area (TPSA) is 112 Å². The van der Waals surface area contributed by atoms with E-state index >= 15 is 0 Å². The zero-order valence-corrected chi connectivity index (χ0v) is 18.5. The quantitative estimate of drug-likeness (QED) is 0.304. The predicted octanol–water partition coefficient (Wildman–Crippen LogP) is 4.56. The Labute approximate surface area is 198 Å². The van der Waals surface area contributed by atoms with E-state index in [0.717, 1.165) is 11.1 Å². The van der Waals surface area contributed by atoms with Gasteiger partial charge in [0.2, 0.25) is 5.43 Å². The summed E-state index contributed by atoms with van der Waals surface area (Å²) < 4.78 is 16.6. The van der Waals surface area contributed by atoms with Crippen molar-refractivity contribution in [1.29, 1.82) is 0 Å². The van der Waals surface area contributed by atoms with Gasteiger partial charge in [-0.1, -0.05) is 18.2 Å². The van der Waals surface area contributed by atoms with Crippen molar-refractivity contribution in [1.82, 2.24) is 9.97 Å². The Morgan fingerprint density at radius 2 is 1.77 bits per heavy atom. The van der Waals surface area contributed by atoms with E-state index in [0.29, 0.717) is 28.0 Å². The van der Waals surface area contributed by atoms with Crippen molar-refractivity contribution >= 4 is 28.0 Å². The maximum atomic E-state index is 13.5. The van der Waals surface area contributed by atoms with Crippen molar-refractivity contribution in [3.8, 4) is 28.4 Å². The van der Waals surface area contributed by atoms with Crippen molar-refractivity contribution in [2.75, 3.05) is 7.11 Å². The molecule has 0 amide bonds. The van der Waals surface area contributed by atoms with Crippen LogP contribution in [-0.2, 0) is 4.79 Å². The van der Waals surface area contributed by atoms with E-state index < -0.39 is 17.3 Å². The Kier molecular flexibility index (Phi) is 4.74. The van der Waals surface area contributed by atoms with Crippen molar-refractivity contribution in [3.63, 3.8) is 0 Å². The largest absolute Gasteiger partial charge is 0.507 e. The number of hydrogen-bond acceptors (Lipinski definition) is 8. The van der Waals surface area contributed by atoms with Crippen molar-refractivity contribution in [2.24, 2.45) is 0 Å². The first-order chi connectivity index (χ1) is 17.0. The smallest absolute Gasteiger partial charge is 0.312 e. The van der Waals surface area contributed by atoms with Crippen LogP contribution in [0.1, 0.15) is 23.5 Å². The van der Waals surface area contributed by atoms with Gasteiger partial charge in [0.05, 0.1) is 30.1 Å². The van der Waals surface area contributed by atoms with Gasteiger partial charge < -0.3 is 19.0 Å². The molecule has 6 rings (SSSR count). The van der Waals surface area contributed by atoms with Gasteiger partial charge in [0.25, 0.3) is 0 Å². The zero-order valence-electron chi connectivity index (χ0n) is 18.5. The standard InChI is InChI=1S/C27H18N2O6/c1-33-16-5-2-14(3-6-16)18-13-34-27-24-17(15-4-7-19-20(10-15)29-9-8-28-19)11-23(31)35-22(24)12-21(30)25(27)26(18)32/h2-10,12-13,17,30H,11H2,1H3. The van der Waals surface area contributed by atoms with Crippen LogP contribution in [0.25, 0.3) is 33.1 Å². The van der Waals surface area contributed by atoms with Gasteiger partial charge in [-0.2, -0.15) is 0 Å². The van der Waals surface area contributed by atoms with E-state index in [1.807, 2.05) is 18.2 Å². The maximum Gasteiger partial charge on any atom is 0.312 e. The van der Waals surface area contributed by atoms with Gasteiger partial charge in [-0.25, -0.2) is 0 Å². The van der Waals surface area contributed by atoms with Crippen molar-refractivity contribution in [3.05, 3.63) is 88.5 Å². The first kappa shape index (κ1) is 20.9. The van der Waals surface area contributed by atoms with E-state index in [1.165, 1.54) is 12.3 Å². The first-order valence-corrected chi connectivity index (χ1v) is 10.9. The number of aromatic nitrogens is 2. The molecule has 0 aliphatic carbocycles. The third-order valence-corrected chi connectivity index (χ3v) is 6.27. The van der Waals surface area contributed by atoms with Gasteiger partial charge in [-0.3, -0.25) is 19.6 Å². The van der Waals surface area contributed by atoms with Crippen LogP contribution in [0, 0.1) is 0 Å².